The Labute approximate surface area is 154 Å². The number of carbonyl (C=O) groups is 1. The average molecular weight is 349 g/mol. The highest BCUT2D eigenvalue weighted by molar-refractivity contribution is 6.08. The fourth-order valence-electron chi connectivity index (χ4n) is 4.41. The van der Waals surface area contributed by atoms with E-state index in [4.69, 9.17) is 4.98 Å². The maximum absolute atomic E-state index is 12.4. The number of rotatable bonds is 4. The van der Waals surface area contributed by atoms with Gasteiger partial charge in [-0.25, -0.2) is 4.98 Å². The zero-order valence-corrected chi connectivity index (χ0v) is 15.7. The van der Waals surface area contributed by atoms with Crippen molar-refractivity contribution in [2.24, 2.45) is 5.92 Å². The number of pyridine rings is 1. The summed E-state index contributed by atoms with van der Waals surface area (Å²) in [6.07, 6.45) is 5.73. The zero-order chi connectivity index (χ0) is 18.1. The third kappa shape index (κ3) is 3.09. The summed E-state index contributed by atoms with van der Waals surface area (Å²) in [5.41, 5.74) is 4.50. The first-order valence-corrected chi connectivity index (χ1v) is 9.78. The second-order valence-electron chi connectivity index (χ2n) is 7.57. The zero-order valence-electron chi connectivity index (χ0n) is 15.7. The molecule has 4 nitrogen and oxygen atoms in total. The number of hydrogen-bond donors (Lipinski definition) is 1. The molecule has 0 atom stereocenters. The van der Waals surface area contributed by atoms with E-state index in [-0.39, 0.29) is 11.8 Å². The topological polar surface area (TPSA) is 46.9 Å². The number of aromatic nitrogens is 2. The summed E-state index contributed by atoms with van der Waals surface area (Å²) in [6.45, 7) is 5.59. The molecule has 1 aromatic carbocycles. The molecule has 0 aliphatic heterocycles. The van der Waals surface area contributed by atoms with Gasteiger partial charge in [-0.3, -0.25) is 4.79 Å². The van der Waals surface area contributed by atoms with Gasteiger partial charge in [-0.15, -0.1) is 0 Å². The van der Waals surface area contributed by atoms with Gasteiger partial charge in [0.2, 0.25) is 5.91 Å². The molecule has 1 saturated carbocycles. The van der Waals surface area contributed by atoms with Crippen molar-refractivity contribution < 1.29 is 4.79 Å². The van der Waals surface area contributed by atoms with Crippen LogP contribution in [0.5, 0.6) is 0 Å². The molecule has 1 N–H and O–H groups in total. The summed E-state index contributed by atoms with van der Waals surface area (Å²) >= 11 is 0. The summed E-state index contributed by atoms with van der Waals surface area (Å²) in [5.74, 6) is 0.440. The molecular formula is C22H27N3O. The molecule has 1 aliphatic rings. The van der Waals surface area contributed by atoms with E-state index in [1.54, 1.807) is 0 Å². The smallest absolute Gasteiger partial charge is 0.223 e. The van der Waals surface area contributed by atoms with Gasteiger partial charge >= 0.3 is 0 Å². The fourth-order valence-corrected chi connectivity index (χ4v) is 4.41. The first-order valence-electron chi connectivity index (χ1n) is 9.78. The second kappa shape index (κ2) is 7.10. The van der Waals surface area contributed by atoms with Gasteiger partial charge in [0.15, 0.2) is 0 Å². The predicted octanol–water partition coefficient (Wildman–Crippen LogP) is 4.50. The number of nitrogens with zero attached hydrogens (tertiary/aromatic N) is 2. The van der Waals surface area contributed by atoms with E-state index < -0.39 is 0 Å². The van der Waals surface area contributed by atoms with Crippen LogP contribution in [0.1, 0.15) is 43.4 Å². The SMILES string of the molecule is Cc1cc(C)c2c3ccccc3n(CCNC(=O)C3CCCCC3)c2n1. The monoisotopic (exact) mass is 349 g/mol. The molecule has 1 fully saturated rings. The summed E-state index contributed by atoms with van der Waals surface area (Å²) in [6, 6.07) is 10.6. The Morgan fingerprint density at radius 1 is 1.19 bits per heavy atom. The highest BCUT2D eigenvalue weighted by Gasteiger charge is 2.21. The number of fused-ring (bicyclic) bond motifs is 3. The van der Waals surface area contributed by atoms with Gasteiger partial charge in [0.05, 0.1) is 5.52 Å². The van der Waals surface area contributed by atoms with Crippen molar-refractivity contribution in [2.75, 3.05) is 6.54 Å². The van der Waals surface area contributed by atoms with Crippen molar-refractivity contribution >= 4 is 27.8 Å². The lowest BCUT2D eigenvalue weighted by molar-refractivity contribution is -0.125. The van der Waals surface area contributed by atoms with Gasteiger partial charge in [-0.2, -0.15) is 0 Å². The van der Waals surface area contributed by atoms with Crippen LogP contribution in [0.25, 0.3) is 21.9 Å². The number of amides is 1. The van der Waals surface area contributed by atoms with E-state index in [0.29, 0.717) is 6.54 Å². The molecule has 0 saturated heterocycles. The van der Waals surface area contributed by atoms with E-state index in [9.17, 15) is 4.79 Å². The Morgan fingerprint density at radius 3 is 2.77 bits per heavy atom. The highest BCUT2D eigenvalue weighted by atomic mass is 16.1. The predicted molar refractivity (Wildman–Crippen MR) is 106 cm³/mol. The van der Waals surface area contributed by atoms with Gasteiger partial charge in [0, 0.05) is 35.5 Å². The molecule has 136 valence electrons. The van der Waals surface area contributed by atoms with Crippen LogP contribution in [0.15, 0.2) is 30.3 Å². The Kier molecular flexibility index (Phi) is 4.66. The number of benzene rings is 1. The van der Waals surface area contributed by atoms with E-state index >= 15 is 0 Å². The van der Waals surface area contributed by atoms with Gasteiger partial charge < -0.3 is 9.88 Å². The minimum absolute atomic E-state index is 0.213. The molecule has 1 amide bonds. The van der Waals surface area contributed by atoms with Crippen LogP contribution in [0.2, 0.25) is 0 Å². The summed E-state index contributed by atoms with van der Waals surface area (Å²) in [7, 11) is 0. The Morgan fingerprint density at radius 2 is 1.96 bits per heavy atom. The Balaban J connectivity index is 1.60. The van der Waals surface area contributed by atoms with Crippen molar-refractivity contribution in [3.63, 3.8) is 0 Å². The van der Waals surface area contributed by atoms with Crippen LogP contribution in [0.4, 0.5) is 0 Å². The fraction of sp³-hybridized carbons (Fsp3) is 0.455. The normalized spacial score (nSPS) is 15.6. The van der Waals surface area contributed by atoms with E-state index in [0.717, 1.165) is 30.7 Å². The molecule has 0 spiro atoms. The molecule has 3 aromatic rings. The maximum atomic E-state index is 12.4. The summed E-state index contributed by atoms with van der Waals surface area (Å²) in [4.78, 5) is 17.2. The largest absolute Gasteiger partial charge is 0.354 e. The lowest BCUT2D eigenvalue weighted by Gasteiger charge is -2.20. The molecule has 1 aliphatic carbocycles. The molecule has 26 heavy (non-hydrogen) atoms. The maximum Gasteiger partial charge on any atom is 0.223 e. The molecular weight excluding hydrogens is 322 g/mol. The Bertz CT molecular complexity index is 951. The quantitative estimate of drug-likeness (QED) is 0.754. The molecule has 2 heterocycles. The standard InChI is InChI=1S/C22H27N3O/c1-15-14-16(2)24-21-20(15)18-10-6-7-11-19(18)25(21)13-12-23-22(26)17-8-4-3-5-9-17/h6-7,10-11,14,17H,3-5,8-9,12-13H2,1-2H3,(H,23,26). The first-order chi connectivity index (χ1) is 12.6. The summed E-state index contributed by atoms with van der Waals surface area (Å²) < 4.78 is 2.26. The number of carbonyl (C=O) groups excluding carboxylic acids is 1. The summed E-state index contributed by atoms with van der Waals surface area (Å²) in [5, 5.41) is 5.63. The number of nitrogens with one attached hydrogen (secondary N) is 1. The lowest BCUT2D eigenvalue weighted by atomic mass is 9.89. The Hall–Kier alpha value is -2.36. The van der Waals surface area contributed by atoms with Crippen LogP contribution in [0.3, 0.4) is 0 Å². The third-order valence-electron chi connectivity index (χ3n) is 5.66. The number of hydrogen-bond acceptors (Lipinski definition) is 2. The number of aryl methyl sites for hydroxylation is 2. The van der Waals surface area contributed by atoms with Crippen molar-refractivity contribution in [2.45, 2.75) is 52.5 Å². The van der Waals surface area contributed by atoms with Gasteiger partial charge in [0.1, 0.15) is 5.65 Å². The van der Waals surface area contributed by atoms with Crippen molar-refractivity contribution in [3.05, 3.63) is 41.6 Å². The van der Waals surface area contributed by atoms with E-state index in [1.807, 2.05) is 6.92 Å². The van der Waals surface area contributed by atoms with E-state index in [1.165, 1.54) is 41.1 Å². The third-order valence-corrected chi connectivity index (χ3v) is 5.66. The van der Waals surface area contributed by atoms with Crippen molar-refractivity contribution in [1.82, 2.24) is 14.9 Å². The second-order valence-corrected chi connectivity index (χ2v) is 7.57. The van der Waals surface area contributed by atoms with Crippen LogP contribution in [-0.4, -0.2) is 22.0 Å². The minimum atomic E-state index is 0.213. The van der Waals surface area contributed by atoms with Gasteiger partial charge in [-0.1, -0.05) is 37.5 Å². The molecule has 2 aromatic heterocycles. The van der Waals surface area contributed by atoms with Crippen LogP contribution >= 0.6 is 0 Å². The number of para-hydroxylation sites is 1. The van der Waals surface area contributed by atoms with Crippen LogP contribution in [0, 0.1) is 19.8 Å². The molecule has 0 bridgehead atoms. The highest BCUT2D eigenvalue weighted by Crippen LogP contribution is 2.30. The van der Waals surface area contributed by atoms with Crippen molar-refractivity contribution in [1.29, 1.82) is 0 Å². The molecule has 4 heteroatoms. The first kappa shape index (κ1) is 17.1. The van der Waals surface area contributed by atoms with Crippen molar-refractivity contribution in [3.8, 4) is 0 Å². The molecule has 0 unspecified atom stereocenters. The van der Waals surface area contributed by atoms with Gasteiger partial charge in [-0.05, 0) is 44.4 Å². The minimum Gasteiger partial charge on any atom is -0.354 e. The van der Waals surface area contributed by atoms with E-state index in [2.05, 4.69) is 47.1 Å². The van der Waals surface area contributed by atoms with Crippen LogP contribution in [-0.2, 0) is 11.3 Å². The average Bonchev–Trinajstić information content (AvgIpc) is 2.96. The van der Waals surface area contributed by atoms with Crippen LogP contribution < -0.4 is 5.32 Å². The molecule has 0 radical (unpaired) electrons. The lowest BCUT2D eigenvalue weighted by Crippen LogP contribution is -2.34. The van der Waals surface area contributed by atoms with Gasteiger partial charge in [0.25, 0.3) is 0 Å². The molecule has 4 rings (SSSR count).